The third kappa shape index (κ3) is 3.42. The van der Waals surface area contributed by atoms with Gasteiger partial charge in [-0.05, 0) is 50.2 Å². The number of halogens is 3. The summed E-state index contributed by atoms with van der Waals surface area (Å²) in [5, 5.41) is 6.59. The molecule has 27 heavy (non-hydrogen) atoms. The molecule has 7 heteroatoms. The first kappa shape index (κ1) is 17.6. The molecule has 4 rings (SSSR count). The van der Waals surface area contributed by atoms with Crippen LogP contribution in [0.1, 0.15) is 19.7 Å². The smallest absolute Gasteiger partial charge is 0.160 e. The predicted molar refractivity (Wildman–Crippen MR) is 98.2 cm³/mol. The minimum Gasteiger partial charge on any atom is -0.340 e. The van der Waals surface area contributed by atoms with Crippen LogP contribution in [0, 0.1) is 17.5 Å². The van der Waals surface area contributed by atoms with E-state index in [2.05, 4.69) is 24.5 Å². The van der Waals surface area contributed by atoms with Gasteiger partial charge in [-0.3, -0.25) is 0 Å². The first-order valence-electron chi connectivity index (χ1n) is 8.65. The van der Waals surface area contributed by atoms with Crippen molar-refractivity contribution >= 4 is 11.5 Å². The Morgan fingerprint density at radius 1 is 1.04 bits per heavy atom. The average Bonchev–Trinajstić information content (AvgIpc) is 2.95. The maximum absolute atomic E-state index is 13.6. The molecule has 0 aliphatic carbocycles. The Hall–Kier alpha value is -2.80. The second-order valence-corrected chi connectivity index (χ2v) is 7.31. The van der Waals surface area contributed by atoms with E-state index in [1.165, 1.54) is 18.2 Å². The largest absolute Gasteiger partial charge is 0.340 e. The molecule has 4 nitrogen and oxygen atoms in total. The quantitative estimate of drug-likeness (QED) is 0.706. The summed E-state index contributed by atoms with van der Waals surface area (Å²) in [5.74, 6) is -0.680. The minimum atomic E-state index is -0.927. The lowest BCUT2D eigenvalue weighted by molar-refractivity contribution is 0.292. The van der Waals surface area contributed by atoms with Crippen molar-refractivity contribution in [3.8, 4) is 11.3 Å². The highest BCUT2D eigenvalue weighted by Crippen LogP contribution is 2.34. The summed E-state index contributed by atoms with van der Waals surface area (Å²) in [5.41, 5.74) is 1.63. The van der Waals surface area contributed by atoms with Crippen LogP contribution in [-0.2, 0) is 13.1 Å². The number of anilines is 2. The molecule has 0 radical (unpaired) electrons. The van der Waals surface area contributed by atoms with E-state index in [-0.39, 0.29) is 11.4 Å². The maximum atomic E-state index is 13.6. The molecule has 2 aromatic carbocycles. The minimum absolute atomic E-state index is 0.155. The van der Waals surface area contributed by atoms with E-state index < -0.39 is 11.6 Å². The zero-order valence-electron chi connectivity index (χ0n) is 15.0. The Morgan fingerprint density at radius 2 is 1.78 bits per heavy atom. The number of hydrogen-bond donors (Lipinski definition) is 2. The Bertz CT molecular complexity index is 993. The van der Waals surface area contributed by atoms with E-state index in [1.54, 1.807) is 12.1 Å². The van der Waals surface area contributed by atoms with Crippen molar-refractivity contribution in [2.24, 2.45) is 0 Å². The number of nitrogens with one attached hydrogen (secondary N) is 2. The van der Waals surface area contributed by atoms with Crippen LogP contribution in [-0.4, -0.2) is 15.1 Å². The molecule has 0 bridgehead atoms. The summed E-state index contributed by atoms with van der Waals surface area (Å²) in [4.78, 5) is 4.70. The molecule has 1 aliphatic rings. The summed E-state index contributed by atoms with van der Waals surface area (Å²) >= 11 is 0. The van der Waals surface area contributed by atoms with Crippen LogP contribution in [0.25, 0.3) is 11.3 Å². The van der Waals surface area contributed by atoms with Crippen LogP contribution in [0.3, 0.4) is 0 Å². The van der Waals surface area contributed by atoms with Crippen molar-refractivity contribution < 1.29 is 13.2 Å². The van der Waals surface area contributed by atoms with E-state index in [0.29, 0.717) is 30.3 Å². The first-order chi connectivity index (χ1) is 12.8. The molecular weight excluding hydrogens is 353 g/mol. The van der Waals surface area contributed by atoms with Gasteiger partial charge in [0.2, 0.25) is 0 Å². The molecule has 1 aliphatic heterocycles. The summed E-state index contributed by atoms with van der Waals surface area (Å²) in [6, 6.07) is 9.70. The Balaban J connectivity index is 1.82. The molecule has 0 spiro atoms. The number of fused-ring (bicyclic) bond motifs is 1. The Kier molecular flexibility index (Phi) is 4.19. The highest BCUT2D eigenvalue weighted by molar-refractivity contribution is 5.76. The zero-order valence-corrected chi connectivity index (χ0v) is 15.0. The number of benzene rings is 2. The van der Waals surface area contributed by atoms with Crippen LogP contribution >= 0.6 is 0 Å². The molecule has 140 valence electrons. The summed E-state index contributed by atoms with van der Waals surface area (Å²) < 4.78 is 42.3. The number of nitrogens with zero attached hydrogens (tertiary/aromatic N) is 2. The lowest BCUT2D eigenvalue weighted by Gasteiger charge is -2.33. The van der Waals surface area contributed by atoms with E-state index in [0.717, 1.165) is 23.5 Å². The van der Waals surface area contributed by atoms with Gasteiger partial charge in [-0.2, -0.15) is 0 Å². The molecule has 1 aromatic heterocycles. The third-order valence-electron chi connectivity index (χ3n) is 4.63. The molecule has 3 aromatic rings. The van der Waals surface area contributed by atoms with Gasteiger partial charge < -0.3 is 15.2 Å². The molecule has 2 N–H and O–H groups in total. The fourth-order valence-electron chi connectivity index (χ4n) is 3.22. The molecular formula is C20H19F3N4. The molecule has 0 unspecified atom stereocenters. The SMILES string of the molecule is CC1(C)Cn2c(nc(-c3ccc(F)cc3)c2Nc2ccc(F)c(F)c2)CN1. The van der Waals surface area contributed by atoms with Crippen molar-refractivity contribution in [1.29, 1.82) is 0 Å². The van der Waals surface area contributed by atoms with Crippen molar-refractivity contribution in [2.75, 3.05) is 5.32 Å². The van der Waals surface area contributed by atoms with Crippen LogP contribution < -0.4 is 10.6 Å². The summed E-state index contributed by atoms with van der Waals surface area (Å²) in [6.45, 7) is 5.37. The maximum Gasteiger partial charge on any atom is 0.160 e. The fourth-order valence-corrected chi connectivity index (χ4v) is 3.22. The first-order valence-corrected chi connectivity index (χ1v) is 8.65. The van der Waals surface area contributed by atoms with Gasteiger partial charge in [-0.15, -0.1) is 0 Å². The van der Waals surface area contributed by atoms with Crippen molar-refractivity contribution in [1.82, 2.24) is 14.9 Å². The number of imidazole rings is 1. The zero-order chi connectivity index (χ0) is 19.2. The molecule has 0 fully saturated rings. The fraction of sp³-hybridized carbons (Fsp3) is 0.250. The van der Waals surface area contributed by atoms with E-state index in [4.69, 9.17) is 4.98 Å². The van der Waals surface area contributed by atoms with Gasteiger partial charge in [-0.25, -0.2) is 18.2 Å². The highest BCUT2D eigenvalue weighted by Gasteiger charge is 2.29. The summed E-state index contributed by atoms with van der Waals surface area (Å²) in [7, 11) is 0. The van der Waals surface area contributed by atoms with Gasteiger partial charge in [-0.1, -0.05) is 0 Å². The molecule has 0 saturated heterocycles. The van der Waals surface area contributed by atoms with Crippen LogP contribution in [0.15, 0.2) is 42.5 Å². The van der Waals surface area contributed by atoms with Crippen molar-refractivity contribution in [3.05, 3.63) is 65.7 Å². The van der Waals surface area contributed by atoms with E-state index >= 15 is 0 Å². The van der Waals surface area contributed by atoms with Crippen LogP contribution in [0.2, 0.25) is 0 Å². The molecule has 2 heterocycles. The molecule has 0 amide bonds. The number of hydrogen-bond acceptors (Lipinski definition) is 3. The van der Waals surface area contributed by atoms with Crippen molar-refractivity contribution in [3.63, 3.8) is 0 Å². The lowest BCUT2D eigenvalue weighted by atomic mass is 10.0. The van der Waals surface area contributed by atoms with Gasteiger partial charge in [0.1, 0.15) is 23.2 Å². The Morgan fingerprint density at radius 3 is 2.48 bits per heavy atom. The van der Waals surface area contributed by atoms with E-state index in [9.17, 15) is 13.2 Å². The van der Waals surface area contributed by atoms with E-state index in [1.807, 2.05) is 4.57 Å². The molecule has 0 atom stereocenters. The number of rotatable bonds is 3. The van der Waals surface area contributed by atoms with Gasteiger partial charge in [0.25, 0.3) is 0 Å². The van der Waals surface area contributed by atoms with Crippen molar-refractivity contribution in [2.45, 2.75) is 32.5 Å². The Labute approximate surface area is 155 Å². The predicted octanol–water partition coefficient (Wildman–Crippen LogP) is 4.59. The lowest BCUT2D eigenvalue weighted by Crippen LogP contribution is -2.47. The second kappa shape index (κ2) is 6.42. The van der Waals surface area contributed by atoms with Gasteiger partial charge in [0.15, 0.2) is 11.6 Å². The third-order valence-corrected chi connectivity index (χ3v) is 4.63. The van der Waals surface area contributed by atoms with Gasteiger partial charge in [0.05, 0.1) is 6.54 Å². The monoisotopic (exact) mass is 372 g/mol. The average molecular weight is 372 g/mol. The van der Waals surface area contributed by atoms with Crippen LogP contribution in [0.4, 0.5) is 24.7 Å². The topological polar surface area (TPSA) is 41.9 Å². The standard InChI is InChI=1S/C20H19F3N4/c1-20(2)11-27-17(10-24-20)26-18(12-3-5-13(21)6-4-12)19(27)25-14-7-8-15(22)16(23)9-14/h3-9,24-25H,10-11H2,1-2H3. The van der Waals surface area contributed by atoms with Gasteiger partial charge in [0, 0.05) is 29.4 Å². The van der Waals surface area contributed by atoms with Crippen LogP contribution in [0.5, 0.6) is 0 Å². The highest BCUT2D eigenvalue weighted by atomic mass is 19.2. The molecule has 0 saturated carbocycles. The van der Waals surface area contributed by atoms with Gasteiger partial charge >= 0.3 is 0 Å². The normalized spacial score (nSPS) is 15.4. The summed E-state index contributed by atoms with van der Waals surface area (Å²) in [6.07, 6.45) is 0. The second-order valence-electron chi connectivity index (χ2n) is 7.31. The number of aromatic nitrogens is 2.